The van der Waals surface area contributed by atoms with Gasteiger partial charge < -0.3 is 4.74 Å². The van der Waals surface area contributed by atoms with Crippen LogP contribution in [-0.4, -0.2) is 42.5 Å². The quantitative estimate of drug-likeness (QED) is 0.664. The van der Waals surface area contributed by atoms with E-state index in [1.807, 2.05) is 6.92 Å². The molecule has 3 atom stereocenters. The number of fused-ring (bicyclic) bond motifs is 2. The summed E-state index contributed by atoms with van der Waals surface area (Å²) in [4.78, 5) is 38.5. The third-order valence-electron chi connectivity index (χ3n) is 6.75. The molecule has 164 valence electrons. The average molecular weight is 444 g/mol. The van der Waals surface area contributed by atoms with E-state index in [9.17, 15) is 22.8 Å². The molecule has 0 unspecified atom stereocenters. The summed E-state index contributed by atoms with van der Waals surface area (Å²) in [6, 6.07) is 6.32. The van der Waals surface area contributed by atoms with E-state index < -0.39 is 38.8 Å². The SMILES string of the molecule is CCOC(=O)C1=CC[C@@]2(C1)C(=O)N(S(=O)(=O)c1ccc(C)cc1)[C@]1(C)C=CC(=O)C[C@H]21. The van der Waals surface area contributed by atoms with Gasteiger partial charge in [-0.1, -0.05) is 29.8 Å². The number of carbonyl (C=O) groups excluding carboxylic acids is 3. The van der Waals surface area contributed by atoms with Gasteiger partial charge in [0.1, 0.15) is 0 Å². The van der Waals surface area contributed by atoms with Gasteiger partial charge in [0.15, 0.2) is 5.78 Å². The van der Waals surface area contributed by atoms with Crippen LogP contribution in [-0.2, 0) is 29.1 Å². The Bertz CT molecular complexity index is 1130. The van der Waals surface area contributed by atoms with Crippen LogP contribution in [0.25, 0.3) is 0 Å². The number of rotatable bonds is 4. The molecule has 2 aliphatic carbocycles. The summed E-state index contributed by atoms with van der Waals surface area (Å²) in [5, 5.41) is 0. The first-order valence-electron chi connectivity index (χ1n) is 10.3. The van der Waals surface area contributed by atoms with Gasteiger partial charge in [-0.2, -0.15) is 0 Å². The van der Waals surface area contributed by atoms with Gasteiger partial charge in [0, 0.05) is 17.9 Å². The number of ketones is 1. The number of amides is 1. The van der Waals surface area contributed by atoms with Crippen molar-refractivity contribution in [2.45, 2.75) is 50.5 Å². The molecule has 0 bridgehead atoms. The summed E-state index contributed by atoms with van der Waals surface area (Å²) >= 11 is 0. The number of carbonyl (C=O) groups is 3. The summed E-state index contributed by atoms with van der Waals surface area (Å²) in [6.45, 7) is 5.43. The van der Waals surface area contributed by atoms with E-state index in [-0.39, 0.29) is 36.5 Å². The maximum atomic E-state index is 13.8. The Morgan fingerprint density at radius 3 is 2.55 bits per heavy atom. The van der Waals surface area contributed by atoms with Crippen molar-refractivity contribution in [3.8, 4) is 0 Å². The average Bonchev–Trinajstić information content (AvgIpc) is 3.23. The molecule has 1 aliphatic heterocycles. The predicted molar refractivity (Wildman–Crippen MR) is 112 cm³/mol. The Labute approximate surface area is 181 Å². The van der Waals surface area contributed by atoms with Crippen molar-refractivity contribution in [1.82, 2.24) is 4.31 Å². The zero-order valence-corrected chi connectivity index (χ0v) is 18.6. The van der Waals surface area contributed by atoms with Crippen molar-refractivity contribution in [3.05, 3.63) is 53.6 Å². The molecule has 1 aromatic rings. The number of esters is 1. The van der Waals surface area contributed by atoms with Crippen LogP contribution in [0.5, 0.6) is 0 Å². The van der Waals surface area contributed by atoms with Gasteiger partial charge >= 0.3 is 5.97 Å². The summed E-state index contributed by atoms with van der Waals surface area (Å²) in [7, 11) is -4.18. The summed E-state index contributed by atoms with van der Waals surface area (Å²) in [6.07, 6.45) is 4.84. The number of allylic oxidation sites excluding steroid dienone is 2. The van der Waals surface area contributed by atoms with Crippen molar-refractivity contribution in [3.63, 3.8) is 0 Å². The largest absolute Gasteiger partial charge is 0.463 e. The van der Waals surface area contributed by atoms with E-state index in [0.717, 1.165) is 9.87 Å². The van der Waals surface area contributed by atoms with Crippen molar-refractivity contribution >= 4 is 27.7 Å². The number of benzene rings is 1. The van der Waals surface area contributed by atoms with Crippen LogP contribution < -0.4 is 0 Å². The number of sulfonamides is 1. The molecule has 0 N–H and O–H groups in total. The minimum atomic E-state index is -4.18. The molecule has 1 aromatic carbocycles. The van der Waals surface area contributed by atoms with Gasteiger partial charge in [0.25, 0.3) is 10.0 Å². The van der Waals surface area contributed by atoms with Crippen LogP contribution >= 0.6 is 0 Å². The second-order valence-corrected chi connectivity index (χ2v) is 10.4. The van der Waals surface area contributed by atoms with Crippen molar-refractivity contribution < 1.29 is 27.5 Å². The Hall–Kier alpha value is -2.74. The van der Waals surface area contributed by atoms with E-state index in [1.54, 1.807) is 32.1 Å². The number of ether oxygens (including phenoxy) is 1. The Morgan fingerprint density at radius 1 is 1.23 bits per heavy atom. The minimum absolute atomic E-state index is 0.0188. The second kappa shape index (κ2) is 7.15. The molecule has 31 heavy (non-hydrogen) atoms. The number of hydrogen-bond donors (Lipinski definition) is 0. The predicted octanol–water partition coefficient (Wildman–Crippen LogP) is 2.70. The number of aryl methyl sites for hydroxylation is 1. The number of nitrogens with zero attached hydrogens (tertiary/aromatic N) is 1. The molecule has 7 nitrogen and oxygen atoms in total. The zero-order chi connectivity index (χ0) is 22.6. The highest BCUT2D eigenvalue weighted by Crippen LogP contribution is 2.60. The Morgan fingerprint density at radius 2 is 1.90 bits per heavy atom. The lowest BCUT2D eigenvalue weighted by Gasteiger charge is -2.39. The van der Waals surface area contributed by atoms with E-state index >= 15 is 0 Å². The van der Waals surface area contributed by atoms with Gasteiger partial charge in [0.2, 0.25) is 5.91 Å². The fourth-order valence-electron chi connectivity index (χ4n) is 5.17. The highest BCUT2D eigenvalue weighted by molar-refractivity contribution is 7.89. The molecule has 1 spiro atoms. The van der Waals surface area contributed by atoms with Gasteiger partial charge in [0.05, 0.1) is 22.5 Å². The molecule has 3 aliphatic rings. The van der Waals surface area contributed by atoms with Crippen LogP contribution in [0, 0.1) is 18.3 Å². The van der Waals surface area contributed by atoms with Gasteiger partial charge in [-0.3, -0.25) is 9.59 Å². The molecule has 1 amide bonds. The lowest BCUT2D eigenvalue weighted by molar-refractivity contribution is -0.139. The second-order valence-electron chi connectivity index (χ2n) is 8.66. The molecule has 1 fully saturated rings. The normalized spacial score (nSPS) is 30.0. The topological polar surface area (TPSA) is 97.8 Å². The van der Waals surface area contributed by atoms with E-state index in [0.29, 0.717) is 5.57 Å². The van der Waals surface area contributed by atoms with Crippen LogP contribution in [0.3, 0.4) is 0 Å². The van der Waals surface area contributed by atoms with Gasteiger partial charge in [-0.25, -0.2) is 17.5 Å². The first kappa shape index (κ1) is 21.5. The molecule has 4 rings (SSSR count). The monoisotopic (exact) mass is 443 g/mol. The number of hydrogen-bond acceptors (Lipinski definition) is 6. The summed E-state index contributed by atoms with van der Waals surface area (Å²) < 4.78 is 33.3. The molecule has 0 radical (unpaired) electrons. The van der Waals surface area contributed by atoms with Crippen LogP contribution in [0.15, 0.2) is 53.0 Å². The Balaban J connectivity index is 1.82. The zero-order valence-electron chi connectivity index (χ0n) is 17.8. The molecule has 8 heteroatoms. The first-order valence-corrected chi connectivity index (χ1v) is 11.7. The molecule has 0 aromatic heterocycles. The molecular formula is C23H25NO6S. The molecular weight excluding hydrogens is 418 g/mol. The molecule has 1 heterocycles. The third-order valence-corrected chi connectivity index (χ3v) is 8.66. The minimum Gasteiger partial charge on any atom is -0.463 e. The van der Waals surface area contributed by atoms with Crippen LogP contribution in [0.1, 0.15) is 38.7 Å². The van der Waals surface area contributed by atoms with E-state index in [4.69, 9.17) is 4.74 Å². The highest BCUT2D eigenvalue weighted by Gasteiger charge is 2.68. The standard InChI is InChI=1S/C23H25NO6S/c1-4-30-20(26)16-9-12-23(14-16)19-13-17(25)10-11-22(19,3)24(21(23)27)31(28,29)18-7-5-15(2)6-8-18/h5-11,19H,4,12-14H2,1-3H3/t19-,22+,23-/m0/s1. The van der Waals surface area contributed by atoms with Gasteiger partial charge in [-0.15, -0.1) is 0 Å². The first-order chi connectivity index (χ1) is 14.6. The maximum absolute atomic E-state index is 13.8. The Kier molecular flexibility index (Phi) is 4.96. The molecule has 0 saturated carbocycles. The smallest absolute Gasteiger partial charge is 0.333 e. The third kappa shape index (κ3) is 3.07. The van der Waals surface area contributed by atoms with Crippen molar-refractivity contribution in [2.24, 2.45) is 11.3 Å². The summed E-state index contributed by atoms with van der Waals surface area (Å²) in [5.74, 6) is -1.82. The fourth-order valence-corrected chi connectivity index (χ4v) is 6.97. The van der Waals surface area contributed by atoms with Gasteiger partial charge in [-0.05, 0) is 51.8 Å². The van der Waals surface area contributed by atoms with Crippen LogP contribution in [0.2, 0.25) is 0 Å². The lowest BCUT2D eigenvalue weighted by Crippen LogP contribution is -2.50. The maximum Gasteiger partial charge on any atom is 0.333 e. The van der Waals surface area contributed by atoms with Crippen molar-refractivity contribution in [1.29, 1.82) is 0 Å². The highest BCUT2D eigenvalue weighted by atomic mass is 32.2. The molecule has 1 saturated heterocycles. The fraction of sp³-hybridized carbons (Fsp3) is 0.435. The summed E-state index contributed by atoms with van der Waals surface area (Å²) in [5.41, 5.74) is -1.12. The lowest BCUT2D eigenvalue weighted by atomic mass is 9.64. The van der Waals surface area contributed by atoms with Crippen LogP contribution in [0.4, 0.5) is 0 Å². The van der Waals surface area contributed by atoms with E-state index in [2.05, 4.69) is 0 Å². The van der Waals surface area contributed by atoms with Crippen molar-refractivity contribution in [2.75, 3.05) is 6.61 Å². The van der Waals surface area contributed by atoms with E-state index in [1.165, 1.54) is 24.3 Å².